The van der Waals surface area contributed by atoms with Crippen molar-refractivity contribution in [2.45, 2.75) is 56.7 Å². The number of aliphatic hydroxyl groups is 1. The molecule has 1 aliphatic carbocycles. The summed E-state index contributed by atoms with van der Waals surface area (Å²) in [5, 5.41) is 14.1. The molecule has 1 aromatic carbocycles. The molecule has 3 aromatic rings. The van der Waals surface area contributed by atoms with Gasteiger partial charge in [-0.25, -0.2) is 4.98 Å². The molecule has 3 heterocycles. The van der Waals surface area contributed by atoms with E-state index in [9.17, 15) is 27.9 Å². The fourth-order valence-electron chi connectivity index (χ4n) is 5.54. The Morgan fingerprint density at radius 2 is 1.95 bits per heavy atom. The zero-order valence-electron chi connectivity index (χ0n) is 22.4. The van der Waals surface area contributed by atoms with Gasteiger partial charge < -0.3 is 25.0 Å². The molecule has 2 aliphatic rings. The number of carbonyl (C=O) groups is 1. The highest BCUT2D eigenvalue weighted by Gasteiger charge is 2.41. The van der Waals surface area contributed by atoms with Gasteiger partial charge in [-0.3, -0.25) is 14.2 Å². The quantitative estimate of drug-likeness (QED) is 0.470. The first-order chi connectivity index (χ1) is 18.8. The fraction of sp³-hybridized carbons (Fsp3) is 0.481. The molecule has 0 bridgehead atoms. The smallest absolute Gasteiger partial charge is 0.400 e. The molecule has 2 fully saturated rings. The third-order valence-corrected chi connectivity index (χ3v) is 7.72. The highest BCUT2D eigenvalue weighted by molar-refractivity contribution is 5.94. The van der Waals surface area contributed by atoms with Gasteiger partial charge >= 0.3 is 6.36 Å². The standard InChI is InChI=1S/C27H31F3N6O4/c1-26(39)11-4-5-21(26)36-22-17(13-20(24(36)38)40-27(28,29)30)14-31-25(33-22)32-18-8-6-16(7-9-18)23(37)35-12-10-19(15-35)34(2)3/h6-9,13-14,19,21,39H,4-5,10-12,15H2,1-3H3,(H,31,32,33)/t19?,21-,26-/m1/s1. The number of ether oxygens (including phenoxy) is 1. The molecule has 0 radical (unpaired) electrons. The van der Waals surface area contributed by atoms with Gasteiger partial charge in [-0.15, -0.1) is 13.2 Å². The van der Waals surface area contributed by atoms with Gasteiger partial charge in [0, 0.05) is 42.0 Å². The number of nitrogens with one attached hydrogen (secondary N) is 1. The summed E-state index contributed by atoms with van der Waals surface area (Å²) in [7, 11) is 4.00. The SMILES string of the molecule is CN(C)C1CCN(C(=O)c2ccc(Nc3ncc4cc(OC(F)(F)F)c(=O)n([C@@H]5CCC[C@@]5(C)O)c4n3)cc2)C1. The summed E-state index contributed by atoms with van der Waals surface area (Å²) >= 11 is 0. The van der Waals surface area contributed by atoms with E-state index in [2.05, 4.69) is 24.9 Å². The van der Waals surface area contributed by atoms with Crippen molar-refractivity contribution in [3.8, 4) is 5.75 Å². The largest absolute Gasteiger partial charge is 0.573 e. The lowest BCUT2D eigenvalue weighted by atomic mass is 10.00. The molecule has 214 valence electrons. The highest BCUT2D eigenvalue weighted by atomic mass is 19.4. The van der Waals surface area contributed by atoms with Crippen molar-refractivity contribution in [1.82, 2.24) is 24.3 Å². The van der Waals surface area contributed by atoms with Crippen LogP contribution in [0.5, 0.6) is 5.75 Å². The zero-order valence-corrected chi connectivity index (χ0v) is 22.4. The summed E-state index contributed by atoms with van der Waals surface area (Å²) in [5.74, 6) is -0.875. The number of hydrogen-bond acceptors (Lipinski definition) is 8. The molecule has 13 heteroatoms. The number of halogens is 3. The summed E-state index contributed by atoms with van der Waals surface area (Å²) in [6.07, 6.45) is -1.51. The van der Waals surface area contributed by atoms with Gasteiger partial charge in [0.25, 0.3) is 11.5 Å². The first-order valence-corrected chi connectivity index (χ1v) is 13.1. The lowest BCUT2D eigenvalue weighted by Gasteiger charge is -2.28. The average molecular weight is 561 g/mol. The predicted molar refractivity (Wildman–Crippen MR) is 142 cm³/mol. The van der Waals surface area contributed by atoms with Crippen molar-refractivity contribution in [3.05, 3.63) is 52.4 Å². The Kier molecular flexibility index (Phi) is 7.21. The van der Waals surface area contributed by atoms with Crippen molar-refractivity contribution < 1.29 is 27.8 Å². The molecular formula is C27H31F3N6O4. The predicted octanol–water partition coefficient (Wildman–Crippen LogP) is 3.69. The van der Waals surface area contributed by atoms with E-state index in [4.69, 9.17) is 0 Å². The van der Waals surface area contributed by atoms with Gasteiger partial charge in [-0.2, -0.15) is 4.98 Å². The third kappa shape index (κ3) is 5.61. The van der Waals surface area contributed by atoms with Crippen LogP contribution in [0.2, 0.25) is 0 Å². The van der Waals surface area contributed by atoms with Crippen LogP contribution in [0.4, 0.5) is 24.8 Å². The maximum absolute atomic E-state index is 13.2. The molecule has 10 nitrogen and oxygen atoms in total. The first kappa shape index (κ1) is 27.8. The second kappa shape index (κ2) is 10.4. The molecule has 5 rings (SSSR count). The van der Waals surface area contributed by atoms with Crippen LogP contribution < -0.4 is 15.6 Å². The monoisotopic (exact) mass is 560 g/mol. The maximum Gasteiger partial charge on any atom is 0.573 e. The number of aromatic nitrogens is 3. The van der Waals surface area contributed by atoms with Crippen molar-refractivity contribution in [2.24, 2.45) is 0 Å². The van der Waals surface area contributed by atoms with E-state index < -0.39 is 29.3 Å². The summed E-state index contributed by atoms with van der Waals surface area (Å²) in [5.41, 5.74) is -1.18. The normalized spacial score (nSPS) is 23.2. The topological polar surface area (TPSA) is 113 Å². The van der Waals surface area contributed by atoms with Gasteiger partial charge in [-0.1, -0.05) is 0 Å². The second-order valence-electron chi connectivity index (χ2n) is 10.8. The number of rotatable bonds is 6. The van der Waals surface area contributed by atoms with E-state index in [1.54, 1.807) is 31.2 Å². The van der Waals surface area contributed by atoms with Crippen molar-refractivity contribution in [2.75, 3.05) is 32.5 Å². The van der Waals surface area contributed by atoms with Crippen LogP contribution in [-0.2, 0) is 0 Å². The Morgan fingerprint density at radius 1 is 1.23 bits per heavy atom. The molecule has 1 aliphatic heterocycles. The van der Waals surface area contributed by atoms with Gasteiger partial charge in [0.05, 0.1) is 11.6 Å². The minimum atomic E-state index is -5.07. The average Bonchev–Trinajstić information content (AvgIpc) is 3.51. The van der Waals surface area contributed by atoms with Crippen LogP contribution in [0.1, 0.15) is 49.0 Å². The number of pyridine rings is 1. The van der Waals surface area contributed by atoms with Crippen LogP contribution in [0.25, 0.3) is 11.0 Å². The minimum absolute atomic E-state index is 0.0534. The van der Waals surface area contributed by atoms with Gasteiger partial charge in [-0.05, 0) is 77.0 Å². The molecule has 1 saturated carbocycles. The molecule has 3 atom stereocenters. The number of nitrogens with zero attached hydrogens (tertiary/aromatic N) is 5. The Hall–Kier alpha value is -3.71. The molecular weight excluding hydrogens is 529 g/mol. The maximum atomic E-state index is 13.2. The van der Waals surface area contributed by atoms with E-state index in [0.717, 1.165) is 17.1 Å². The summed E-state index contributed by atoms with van der Waals surface area (Å²) in [4.78, 5) is 38.7. The Labute approximate surface area is 228 Å². The number of hydrogen-bond donors (Lipinski definition) is 2. The fourth-order valence-corrected chi connectivity index (χ4v) is 5.54. The third-order valence-electron chi connectivity index (χ3n) is 7.72. The summed E-state index contributed by atoms with van der Waals surface area (Å²) < 4.78 is 44.1. The number of benzene rings is 1. The van der Waals surface area contributed by atoms with E-state index in [-0.39, 0.29) is 22.9 Å². The van der Waals surface area contributed by atoms with Gasteiger partial charge in [0.1, 0.15) is 5.65 Å². The van der Waals surface area contributed by atoms with Crippen LogP contribution in [-0.4, -0.2) is 80.5 Å². The first-order valence-electron chi connectivity index (χ1n) is 13.1. The molecule has 1 saturated heterocycles. The number of anilines is 2. The van der Waals surface area contributed by atoms with Crippen molar-refractivity contribution >= 4 is 28.6 Å². The zero-order chi connectivity index (χ0) is 28.8. The van der Waals surface area contributed by atoms with Crippen LogP contribution in [0, 0.1) is 0 Å². The molecule has 0 spiro atoms. The number of alkyl halides is 3. The van der Waals surface area contributed by atoms with Crippen LogP contribution in [0.15, 0.2) is 41.3 Å². The second-order valence-corrected chi connectivity index (χ2v) is 10.8. The number of carbonyl (C=O) groups excluding carboxylic acids is 1. The number of likely N-dealkylation sites (tertiary alicyclic amines) is 1. The number of amides is 1. The molecule has 2 aromatic heterocycles. The van der Waals surface area contributed by atoms with Crippen LogP contribution in [0.3, 0.4) is 0 Å². The Morgan fingerprint density at radius 3 is 2.55 bits per heavy atom. The van der Waals surface area contributed by atoms with E-state index in [1.807, 2.05) is 19.0 Å². The van der Waals surface area contributed by atoms with Gasteiger partial charge in [0.15, 0.2) is 5.75 Å². The van der Waals surface area contributed by atoms with Crippen molar-refractivity contribution in [1.29, 1.82) is 0 Å². The molecule has 1 unspecified atom stereocenters. The highest BCUT2D eigenvalue weighted by Crippen LogP contribution is 2.40. The van der Waals surface area contributed by atoms with Crippen molar-refractivity contribution in [3.63, 3.8) is 0 Å². The van der Waals surface area contributed by atoms with E-state index >= 15 is 0 Å². The van der Waals surface area contributed by atoms with E-state index in [0.29, 0.717) is 49.6 Å². The molecule has 1 amide bonds. The molecule has 40 heavy (non-hydrogen) atoms. The minimum Gasteiger partial charge on any atom is -0.400 e. The van der Waals surface area contributed by atoms with E-state index in [1.165, 1.54) is 6.20 Å². The Balaban J connectivity index is 1.43. The lowest BCUT2D eigenvalue weighted by molar-refractivity contribution is -0.275. The lowest BCUT2D eigenvalue weighted by Crippen LogP contribution is -2.38. The molecule has 2 N–H and O–H groups in total. The van der Waals surface area contributed by atoms with Crippen LogP contribution >= 0.6 is 0 Å². The summed E-state index contributed by atoms with van der Waals surface area (Å²) in [6.45, 7) is 2.91. The number of likely N-dealkylation sites (N-methyl/N-ethyl adjacent to an activating group) is 1. The Bertz CT molecular complexity index is 1470. The van der Waals surface area contributed by atoms with Gasteiger partial charge in [0.2, 0.25) is 5.95 Å². The number of fused-ring (bicyclic) bond motifs is 1. The summed E-state index contributed by atoms with van der Waals surface area (Å²) in [6, 6.07) is 7.28.